The van der Waals surface area contributed by atoms with E-state index in [0.29, 0.717) is 24.9 Å². The van der Waals surface area contributed by atoms with Gasteiger partial charge in [0, 0.05) is 31.6 Å². The van der Waals surface area contributed by atoms with E-state index in [1.54, 1.807) is 10.6 Å². The van der Waals surface area contributed by atoms with Gasteiger partial charge in [-0.25, -0.2) is 9.18 Å². The first kappa shape index (κ1) is 14.2. The summed E-state index contributed by atoms with van der Waals surface area (Å²) in [6.45, 7) is 2.07. The molecule has 1 aromatic heterocycles. The van der Waals surface area contributed by atoms with Crippen molar-refractivity contribution in [2.45, 2.75) is 31.8 Å². The van der Waals surface area contributed by atoms with Crippen LogP contribution >= 0.6 is 0 Å². The lowest BCUT2D eigenvalue weighted by Gasteiger charge is -2.17. The summed E-state index contributed by atoms with van der Waals surface area (Å²) in [5, 5.41) is 0. The van der Waals surface area contributed by atoms with Crippen molar-refractivity contribution in [3.05, 3.63) is 52.2 Å². The molecule has 0 amide bonds. The second-order valence-electron chi connectivity index (χ2n) is 6.06. The normalized spacial score (nSPS) is 18.8. The van der Waals surface area contributed by atoms with E-state index in [2.05, 4.69) is 9.88 Å². The molecule has 0 radical (unpaired) electrons. The van der Waals surface area contributed by atoms with Crippen molar-refractivity contribution in [2.24, 2.45) is 0 Å². The summed E-state index contributed by atoms with van der Waals surface area (Å²) in [5.74, 6) is 1.01. The van der Waals surface area contributed by atoms with Gasteiger partial charge in [0.05, 0.1) is 6.61 Å². The summed E-state index contributed by atoms with van der Waals surface area (Å²) in [6.07, 6.45) is 2.86. The van der Waals surface area contributed by atoms with Crippen molar-refractivity contribution in [3.63, 3.8) is 0 Å². The quantitative estimate of drug-likeness (QED) is 0.866. The van der Waals surface area contributed by atoms with Gasteiger partial charge in [-0.05, 0) is 30.5 Å². The predicted molar refractivity (Wildman–Crippen MR) is 84.5 cm³/mol. The summed E-state index contributed by atoms with van der Waals surface area (Å²) in [6, 6.07) is 8.71. The second-order valence-corrected chi connectivity index (χ2v) is 6.06. The summed E-state index contributed by atoms with van der Waals surface area (Å²) >= 11 is 0. The van der Waals surface area contributed by atoms with Crippen molar-refractivity contribution in [3.8, 4) is 5.88 Å². The van der Waals surface area contributed by atoms with Crippen LogP contribution in [-0.2, 0) is 13.0 Å². The Kier molecular flexibility index (Phi) is 3.52. The number of anilines is 1. The molecule has 0 bridgehead atoms. The van der Waals surface area contributed by atoms with E-state index in [4.69, 9.17) is 4.74 Å². The van der Waals surface area contributed by atoms with Crippen molar-refractivity contribution < 1.29 is 9.13 Å². The lowest BCUT2D eigenvalue weighted by Crippen LogP contribution is -2.24. The van der Waals surface area contributed by atoms with Crippen LogP contribution in [0.2, 0.25) is 0 Å². The van der Waals surface area contributed by atoms with Crippen molar-refractivity contribution in [2.75, 3.05) is 18.1 Å². The van der Waals surface area contributed by atoms with E-state index in [9.17, 15) is 9.18 Å². The van der Waals surface area contributed by atoms with E-state index in [-0.39, 0.29) is 11.5 Å². The molecule has 1 atom stereocenters. The van der Waals surface area contributed by atoms with Crippen LogP contribution in [0.1, 0.15) is 18.4 Å². The van der Waals surface area contributed by atoms with E-state index < -0.39 is 0 Å². The Morgan fingerprint density at radius 2 is 2.26 bits per heavy atom. The number of benzene rings is 1. The van der Waals surface area contributed by atoms with Crippen LogP contribution in [0.4, 0.5) is 10.2 Å². The fourth-order valence-electron chi connectivity index (χ4n) is 3.46. The molecule has 2 aliphatic heterocycles. The van der Waals surface area contributed by atoms with E-state index in [1.165, 1.54) is 12.1 Å². The molecule has 0 N–H and O–H groups in total. The average Bonchev–Trinajstić information content (AvgIpc) is 3.09. The monoisotopic (exact) mass is 315 g/mol. The van der Waals surface area contributed by atoms with E-state index in [1.807, 2.05) is 12.1 Å². The van der Waals surface area contributed by atoms with Crippen LogP contribution in [0.5, 0.6) is 5.88 Å². The van der Waals surface area contributed by atoms with E-state index in [0.717, 1.165) is 37.3 Å². The van der Waals surface area contributed by atoms with Crippen molar-refractivity contribution >= 4 is 5.82 Å². The smallest absolute Gasteiger partial charge is 0.352 e. The molecule has 4 rings (SSSR count). The number of hydrogen-bond acceptors (Lipinski definition) is 4. The van der Waals surface area contributed by atoms with Gasteiger partial charge in [0.2, 0.25) is 5.88 Å². The van der Waals surface area contributed by atoms with Gasteiger partial charge in [-0.1, -0.05) is 12.1 Å². The lowest BCUT2D eigenvalue weighted by molar-refractivity contribution is 0.307. The number of aromatic nitrogens is 2. The first-order valence-corrected chi connectivity index (χ1v) is 7.96. The van der Waals surface area contributed by atoms with E-state index >= 15 is 0 Å². The molecular weight excluding hydrogens is 297 g/mol. The molecule has 0 saturated carbocycles. The Hall–Kier alpha value is -2.37. The Bertz CT molecular complexity index is 790. The molecule has 0 aliphatic carbocycles. The van der Waals surface area contributed by atoms with Crippen molar-refractivity contribution in [1.29, 1.82) is 0 Å². The largest absolute Gasteiger partial charge is 0.477 e. The number of rotatable bonds is 4. The number of fused-ring (bicyclic) bond motifs is 3. The Labute approximate surface area is 133 Å². The third kappa shape index (κ3) is 2.69. The SMILES string of the molecule is O=c1nc(OCCc2cccc(F)c2)cc2n1C[C@H]1CCCN21. The maximum absolute atomic E-state index is 13.1. The van der Waals surface area contributed by atoms with Gasteiger partial charge in [0.25, 0.3) is 0 Å². The summed E-state index contributed by atoms with van der Waals surface area (Å²) in [4.78, 5) is 18.4. The van der Waals surface area contributed by atoms with Crippen LogP contribution in [-0.4, -0.2) is 28.7 Å². The lowest BCUT2D eigenvalue weighted by atomic mass is 10.2. The topological polar surface area (TPSA) is 47.4 Å². The maximum atomic E-state index is 13.1. The zero-order chi connectivity index (χ0) is 15.8. The van der Waals surface area contributed by atoms with Crippen LogP contribution in [0.25, 0.3) is 0 Å². The van der Waals surface area contributed by atoms with Gasteiger partial charge < -0.3 is 9.64 Å². The number of nitrogens with zero attached hydrogens (tertiary/aromatic N) is 3. The highest BCUT2D eigenvalue weighted by Gasteiger charge is 2.34. The average molecular weight is 315 g/mol. The molecular formula is C17H18FN3O2. The fraction of sp³-hybridized carbons (Fsp3) is 0.412. The third-order valence-corrected chi connectivity index (χ3v) is 4.56. The Morgan fingerprint density at radius 1 is 1.35 bits per heavy atom. The minimum atomic E-state index is -0.253. The Balaban J connectivity index is 1.47. The van der Waals surface area contributed by atoms with Gasteiger partial charge in [0.1, 0.15) is 11.6 Å². The van der Waals surface area contributed by atoms with Gasteiger partial charge >= 0.3 is 5.69 Å². The minimum Gasteiger partial charge on any atom is -0.477 e. The summed E-state index contributed by atoms with van der Waals surface area (Å²) < 4.78 is 20.5. The predicted octanol–water partition coefficient (Wildman–Crippen LogP) is 1.99. The maximum Gasteiger partial charge on any atom is 0.352 e. The number of halogens is 1. The van der Waals surface area contributed by atoms with Gasteiger partial charge in [-0.15, -0.1) is 0 Å². The standard InChI is InChI=1S/C17H18FN3O2/c18-13-4-1-3-12(9-13)6-8-23-15-10-16-20-7-2-5-14(20)11-21(16)17(22)19-15/h1,3-4,9-10,14H,2,5-8,11H2/t14-/m1/s1. The summed E-state index contributed by atoms with van der Waals surface area (Å²) in [5.41, 5.74) is 0.611. The highest BCUT2D eigenvalue weighted by atomic mass is 19.1. The molecule has 5 nitrogen and oxygen atoms in total. The molecule has 6 heteroatoms. The molecule has 0 unspecified atom stereocenters. The molecule has 120 valence electrons. The highest BCUT2D eigenvalue weighted by Crippen LogP contribution is 2.32. The highest BCUT2D eigenvalue weighted by molar-refractivity contribution is 5.48. The molecule has 3 heterocycles. The molecule has 2 aromatic rings. The van der Waals surface area contributed by atoms with Gasteiger partial charge in [0.15, 0.2) is 0 Å². The zero-order valence-corrected chi connectivity index (χ0v) is 12.7. The van der Waals surface area contributed by atoms with Crippen LogP contribution in [0.3, 0.4) is 0 Å². The second kappa shape index (κ2) is 5.68. The molecule has 2 aliphatic rings. The van der Waals surface area contributed by atoms with Gasteiger partial charge in [-0.3, -0.25) is 4.57 Å². The number of ether oxygens (including phenoxy) is 1. The first-order valence-electron chi connectivity index (χ1n) is 7.96. The van der Waals surface area contributed by atoms with Crippen LogP contribution < -0.4 is 15.3 Å². The van der Waals surface area contributed by atoms with Crippen molar-refractivity contribution in [1.82, 2.24) is 9.55 Å². The molecule has 1 saturated heterocycles. The Morgan fingerprint density at radius 3 is 3.13 bits per heavy atom. The third-order valence-electron chi connectivity index (χ3n) is 4.56. The fourth-order valence-corrected chi connectivity index (χ4v) is 3.46. The first-order chi connectivity index (χ1) is 11.2. The van der Waals surface area contributed by atoms with Crippen LogP contribution in [0, 0.1) is 5.82 Å². The molecule has 23 heavy (non-hydrogen) atoms. The summed E-state index contributed by atoms with van der Waals surface area (Å²) in [7, 11) is 0. The van der Waals surface area contributed by atoms with Gasteiger partial charge in [-0.2, -0.15) is 4.98 Å². The van der Waals surface area contributed by atoms with Crippen LogP contribution in [0.15, 0.2) is 35.1 Å². The zero-order valence-electron chi connectivity index (χ0n) is 12.7. The minimum absolute atomic E-state index is 0.252. The molecule has 0 spiro atoms. The number of hydrogen-bond donors (Lipinski definition) is 0. The molecule has 1 aromatic carbocycles. The molecule has 1 fully saturated rings.